The van der Waals surface area contributed by atoms with Crippen LogP contribution in [0, 0.1) is 0 Å². The third-order valence-electron chi connectivity index (χ3n) is 2.48. The number of para-hydroxylation sites is 1. The second kappa shape index (κ2) is 5.06. The molecule has 0 aliphatic rings. The number of ether oxygens (including phenoxy) is 1. The fraction of sp³-hybridized carbons (Fsp3) is 0.286. The zero-order valence-electron chi connectivity index (χ0n) is 10.0. The maximum absolute atomic E-state index is 12.0. The molecule has 3 heteroatoms. The first-order chi connectivity index (χ1) is 8.18. The Morgan fingerprint density at radius 3 is 2.82 bits per heavy atom. The summed E-state index contributed by atoms with van der Waals surface area (Å²) >= 11 is 0. The highest BCUT2D eigenvalue weighted by Gasteiger charge is 2.11. The van der Waals surface area contributed by atoms with Gasteiger partial charge in [0.2, 0.25) is 0 Å². The number of carbonyl (C=O) groups is 1. The van der Waals surface area contributed by atoms with Gasteiger partial charge in [0.1, 0.15) is 6.61 Å². The second-order valence-electron chi connectivity index (χ2n) is 4.16. The predicted molar refractivity (Wildman–Crippen MR) is 67.2 cm³/mol. The number of hydrogen-bond acceptors (Lipinski definition) is 3. The third kappa shape index (κ3) is 2.68. The number of rotatable bonds is 4. The Hall–Kier alpha value is -1.74. The lowest BCUT2D eigenvalue weighted by Crippen LogP contribution is -2.14. The summed E-state index contributed by atoms with van der Waals surface area (Å²) in [7, 11) is 0. The van der Waals surface area contributed by atoms with Gasteiger partial charge in [0, 0.05) is 17.1 Å². The number of fused-ring (bicyclic) bond motifs is 1. The molecule has 17 heavy (non-hydrogen) atoms. The van der Waals surface area contributed by atoms with Crippen molar-refractivity contribution in [2.45, 2.75) is 20.0 Å². The average Bonchev–Trinajstić information content (AvgIpc) is 2.35. The molecule has 1 aromatic heterocycles. The van der Waals surface area contributed by atoms with Crippen LogP contribution in [0.25, 0.3) is 10.9 Å². The van der Waals surface area contributed by atoms with Crippen molar-refractivity contribution in [1.82, 2.24) is 4.98 Å². The normalized spacial score (nSPS) is 11.0. The van der Waals surface area contributed by atoms with E-state index < -0.39 is 0 Å². The van der Waals surface area contributed by atoms with E-state index in [1.54, 1.807) is 12.3 Å². The standard InChI is InChI=1S/C14H15NO2/c1-10(2)17-9-13(16)12-7-3-5-11-6-4-8-15-14(11)12/h3-8,10H,9H2,1-2H3. The van der Waals surface area contributed by atoms with E-state index in [1.807, 2.05) is 38.1 Å². The Morgan fingerprint density at radius 1 is 1.29 bits per heavy atom. The van der Waals surface area contributed by atoms with Gasteiger partial charge in [-0.3, -0.25) is 9.78 Å². The van der Waals surface area contributed by atoms with E-state index in [1.165, 1.54) is 0 Å². The van der Waals surface area contributed by atoms with Crippen molar-refractivity contribution in [2.75, 3.05) is 6.61 Å². The zero-order chi connectivity index (χ0) is 12.3. The molecular formula is C14H15NO2. The van der Waals surface area contributed by atoms with Gasteiger partial charge in [-0.05, 0) is 26.0 Å². The molecule has 0 saturated heterocycles. The van der Waals surface area contributed by atoms with Crippen LogP contribution in [-0.2, 0) is 4.74 Å². The van der Waals surface area contributed by atoms with Crippen molar-refractivity contribution in [3.05, 3.63) is 42.1 Å². The lowest BCUT2D eigenvalue weighted by Gasteiger charge is -2.08. The number of ketones is 1. The van der Waals surface area contributed by atoms with E-state index in [9.17, 15) is 4.79 Å². The molecule has 0 atom stereocenters. The van der Waals surface area contributed by atoms with Gasteiger partial charge in [-0.2, -0.15) is 0 Å². The van der Waals surface area contributed by atoms with Gasteiger partial charge < -0.3 is 4.74 Å². The molecule has 0 aliphatic carbocycles. The van der Waals surface area contributed by atoms with Crippen LogP contribution < -0.4 is 0 Å². The predicted octanol–water partition coefficient (Wildman–Crippen LogP) is 2.84. The highest BCUT2D eigenvalue weighted by molar-refractivity contribution is 6.07. The number of Topliss-reactive ketones (excluding diaryl/α,β-unsaturated/α-hetero) is 1. The summed E-state index contributed by atoms with van der Waals surface area (Å²) in [5, 5.41) is 0.975. The second-order valence-corrected chi connectivity index (χ2v) is 4.16. The first-order valence-corrected chi connectivity index (χ1v) is 5.67. The summed E-state index contributed by atoms with van der Waals surface area (Å²) in [6.45, 7) is 3.93. The van der Waals surface area contributed by atoms with Crippen molar-refractivity contribution in [3.63, 3.8) is 0 Å². The minimum atomic E-state index is -0.0250. The molecule has 0 aliphatic heterocycles. The topological polar surface area (TPSA) is 39.2 Å². The van der Waals surface area contributed by atoms with Crippen molar-refractivity contribution in [1.29, 1.82) is 0 Å². The maximum atomic E-state index is 12.0. The lowest BCUT2D eigenvalue weighted by atomic mass is 10.1. The van der Waals surface area contributed by atoms with Gasteiger partial charge in [-0.15, -0.1) is 0 Å². The van der Waals surface area contributed by atoms with Crippen LogP contribution in [0.15, 0.2) is 36.5 Å². The van der Waals surface area contributed by atoms with Crippen LogP contribution in [0.1, 0.15) is 24.2 Å². The van der Waals surface area contributed by atoms with Crippen LogP contribution in [0.5, 0.6) is 0 Å². The summed E-state index contributed by atoms with van der Waals surface area (Å²) in [6, 6.07) is 9.42. The van der Waals surface area contributed by atoms with E-state index in [2.05, 4.69) is 4.98 Å². The Balaban J connectivity index is 2.32. The Kier molecular flexibility index (Phi) is 3.49. The molecule has 2 rings (SSSR count). The van der Waals surface area contributed by atoms with Crippen LogP contribution in [0.4, 0.5) is 0 Å². The Morgan fingerprint density at radius 2 is 2.06 bits per heavy atom. The quantitative estimate of drug-likeness (QED) is 0.757. The average molecular weight is 229 g/mol. The molecule has 3 nitrogen and oxygen atoms in total. The van der Waals surface area contributed by atoms with E-state index in [0.29, 0.717) is 5.56 Å². The van der Waals surface area contributed by atoms with Crippen molar-refractivity contribution >= 4 is 16.7 Å². The number of aromatic nitrogens is 1. The molecule has 0 radical (unpaired) electrons. The van der Waals surface area contributed by atoms with E-state index in [-0.39, 0.29) is 18.5 Å². The van der Waals surface area contributed by atoms with E-state index in [4.69, 9.17) is 4.74 Å². The molecule has 0 fully saturated rings. The van der Waals surface area contributed by atoms with Crippen LogP contribution in [-0.4, -0.2) is 23.5 Å². The molecule has 1 aromatic carbocycles. The summed E-state index contributed by atoms with van der Waals surface area (Å²) < 4.78 is 5.33. The number of hydrogen-bond donors (Lipinski definition) is 0. The Bertz CT molecular complexity index is 529. The Labute approximate surface area is 100 Å². The summed E-state index contributed by atoms with van der Waals surface area (Å²) in [5.74, 6) is -0.0250. The minimum Gasteiger partial charge on any atom is -0.371 e. The van der Waals surface area contributed by atoms with E-state index in [0.717, 1.165) is 10.9 Å². The largest absolute Gasteiger partial charge is 0.371 e. The number of carbonyl (C=O) groups excluding carboxylic acids is 1. The zero-order valence-corrected chi connectivity index (χ0v) is 10.0. The van der Waals surface area contributed by atoms with Crippen molar-refractivity contribution in [3.8, 4) is 0 Å². The third-order valence-corrected chi connectivity index (χ3v) is 2.48. The molecule has 0 bridgehead atoms. The first-order valence-electron chi connectivity index (χ1n) is 5.67. The van der Waals surface area contributed by atoms with Gasteiger partial charge in [0.15, 0.2) is 5.78 Å². The fourth-order valence-electron chi connectivity index (χ4n) is 1.65. The summed E-state index contributed by atoms with van der Waals surface area (Å²) in [5.41, 5.74) is 1.37. The number of pyridine rings is 1. The van der Waals surface area contributed by atoms with E-state index >= 15 is 0 Å². The number of benzene rings is 1. The van der Waals surface area contributed by atoms with Crippen molar-refractivity contribution < 1.29 is 9.53 Å². The van der Waals surface area contributed by atoms with Crippen LogP contribution in [0.3, 0.4) is 0 Å². The van der Waals surface area contributed by atoms with Crippen LogP contribution >= 0.6 is 0 Å². The van der Waals surface area contributed by atoms with Gasteiger partial charge in [-0.25, -0.2) is 0 Å². The molecule has 0 N–H and O–H groups in total. The highest BCUT2D eigenvalue weighted by atomic mass is 16.5. The molecule has 0 unspecified atom stereocenters. The van der Waals surface area contributed by atoms with Gasteiger partial charge in [0.25, 0.3) is 0 Å². The maximum Gasteiger partial charge on any atom is 0.190 e. The van der Waals surface area contributed by atoms with Crippen molar-refractivity contribution in [2.24, 2.45) is 0 Å². The van der Waals surface area contributed by atoms with Gasteiger partial charge in [-0.1, -0.05) is 18.2 Å². The fourth-order valence-corrected chi connectivity index (χ4v) is 1.65. The molecular weight excluding hydrogens is 214 g/mol. The molecule has 88 valence electrons. The van der Waals surface area contributed by atoms with Gasteiger partial charge in [0.05, 0.1) is 11.6 Å². The first kappa shape index (κ1) is 11.7. The molecule has 1 heterocycles. The number of nitrogens with zero attached hydrogens (tertiary/aromatic N) is 1. The molecule has 2 aromatic rings. The smallest absolute Gasteiger partial charge is 0.190 e. The lowest BCUT2D eigenvalue weighted by molar-refractivity contribution is 0.0586. The summed E-state index contributed by atoms with van der Waals surface area (Å²) in [6.07, 6.45) is 1.75. The minimum absolute atomic E-state index is 0.0250. The summed E-state index contributed by atoms with van der Waals surface area (Å²) in [4.78, 5) is 16.3. The van der Waals surface area contributed by atoms with Gasteiger partial charge >= 0.3 is 0 Å². The molecule has 0 amide bonds. The SMILES string of the molecule is CC(C)OCC(=O)c1cccc2cccnc12. The molecule has 0 spiro atoms. The molecule has 0 saturated carbocycles. The highest BCUT2D eigenvalue weighted by Crippen LogP contribution is 2.16. The van der Waals surface area contributed by atoms with Crippen LogP contribution in [0.2, 0.25) is 0 Å². The monoisotopic (exact) mass is 229 g/mol.